The monoisotopic (exact) mass is 213 g/mol. The molecule has 0 saturated carbocycles. The van der Waals surface area contributed by atoms with Gasteiger partial charge in [-0.05, 0) is 22.9 Å². The van der Waals surface area contributed by atoms with E-state index in [0.717, 1.165) is 16.1 Å². The van der Waals surface area contributed by atoms with Crippen LogP contribution in [-0.4, -0.2) is 5.11 Å². The van der Waals surface area contributed by atoms with Crippen LogP contribution in [-0.2, 0) is 0 Å². The third-order valence-corrected chi connectivity index (χ3v) is 1.73. The van der Waals surface area contributed by atoms with E-state index in [0.29, 0.717) is 5.75 Å². The van der Waals surface area contributed by atoms with Crippen LogP contribution in [0.5, 0.6) is 5.75 Å². The molecule has 1 N–H and O–H groups in total. The van der Waals surface area contributed by atoms with Gasteiger partial charge in [0, 0.05) is 0 Å². The van der Waals surface area contributed by atoms with Crippen LogP contribution >= 0.6 is 0 Å². The summed E-state index contributed by atoms with van der Waals surface area (Å²) < 4.78 is 0. The number of aromatic hydroxyl groups is 1. The Hall–Kier alpha value is -1.10. The van der Waals surface area contributed by atoms with Gasteiger partial charge in [-0.15, -0.1) is 5.34 Å². The van der Waals surface area contributed by atoms with E-state index in [2.05, 4.69) is 0 Å². The van der Waals surface area contributed by atoms with E-state index in [-0.39, 0.29) is 29.6 Å². The van der Waals surface area contributed by atoms with Crippen LogP contribution in [0.25, 0.3) is 10.8 Å². The van der Waals surface area contributed by atoms with Crippen molar-refractivity contribution in [3.63, 3.8) is 0 Å². The Balaban J connectivity index is 0.000000443. The molecule has 0 fully saturated rings. The van der Waals surface area contributed by atoms with Gasteiger partial charge in [0.25, 0.3) is 0 Å². The summed E-state index contributed by atoms with van der Waals surface area (Å²) in [4.78, 5) is 8.00. The van der Waals surface area contributed by atoms with Crippen molar-refractivity contribution < 1.29 is 34.7 Å². The van der Waals surface area contributed by atoms with Crippen molar-refractivity contribution in [1.29, 1.82) is 0 Å². The van der Waals surface area contributed by atoms with Crippen LogP contribution in [0, 0.1) is 10.1 Å². The zero-order valence-electron chi connectivity index (χ0n) is 8.25. The van der Waals surface area contributed by atoms with Crippen molar-refractivity contribution >= 4 is 10.8 Å². The summed E-state index contributed by atoms with van der Waals surface area (Å²) in [5, 5.41) is 20.4. The molecule has 0 bridgehead atoms. The van der Waals surface area contributed by atoms with Gasteiger partial charge in [-0.3, -0.25) is 0 Å². The molecule has 2 aromatic rings. The molecule has 2 aromatic carbocycles. The Kier molecular flexibility index (Phi) is 6.70. The third-order valence-electron chi connectivity index (χ3n) is 1.73. The summed E-state index contributed by atoms with van der Waals surface area (Å²) in [6.07, 6.45) is 0. The molecular weight excluding hydrogens is 205 g/mol. The van der Waals surface area contributed by atoms with E-state index in [1.54, 1.807) is 12.1 Å². The zero-order valence-corrected chi connectivity index (χ0v) is 10.3. The third kappa shape index (κ3) is 4.29. The van der Waals surface area contributed by atoms with Crippen molar-refractivity contribution in [2.24, 2.45) is 5.34 Å². The fraction of sp³-hybridized carbons (Fsp3) is 0. The van der Waals surface area contributed by atoms with E-state index >= 15 is 0 Å². The number of phenols is 1. The zero-order chi connectivity index (χ0) is 10.4. The molecule has 2 rings (SSSR count). The van der Waals surface area contributed by atoms with Gasteiger partial charge in [0.15, 0.2) is 0 Å². The minimum absolute atomic E-state index is 0. The van der Waals surface area contributed by atoms with Gasteiger partial charge < -0.3 is 15.2 Å². The normalized spacial score (nSPS) is 8.27. The van der Waals surface area contributed by atoms with Crippen molar-refractivity contribution in [1.82, 2.24) is 0 Å². The molecule has 5 heteroatoms. The molecule has 0 aliphatic rings. The van der Waals surface area contributed by atoms with Crippen molar-refractivity contribution in [2.75, 3.05) is 0 Å². The summed E-state index contributed by atoms with van der Waals surface area (Å²) in [7, 11) is 0. The number of fused-ring (bicyclic) bond motifs is 1. The minimum Gasteiger partial charge on any atom is -0.508 e. The maximum atomic E-state index is 9.13. The van der Waals surface area contributed by atoms with Crippen LogP contribution in [0.3, 0.4) is 0 Å². The topological polar surface area (TPSA) is 72.7 Å². The molecule has 15 heavy (non-hydrogen) atoms. The standard InChI is InChI=1S/C10H8O.HNO2.Na/c11-10-6-5-8-3-1-2-4-9(8)7-10;2-1-3;/h1-7,11H;(H,2,3);/q;;+1/p-1. The number of phenolic OH excluding ortho intramolecular Hbond substituents is 1. The van der Waals surface area contributed by atoms with Crippen molar-refractivity contribution in [2.45, 2.75) is 0 Å². The first kappa shape index (κ1) is 13.9. The van der Waals surface area contributed by atoms with Crippen LogP contribution in [0.1, 0.15) is 0 Å². The predicted octanol–water partition coefficient (Wildman–Crippen LogP) is -0.200. The number of nitrogens with zero attached hydrogens (tertiary/aromatic N) is 1. The SMILES string of the molecule is O=N[O-].Oc1ccc2ccccc2c1.[Na+]. The second-order valence-corrected chi connectivity index (χ2v) is 2.61. The van der Waals surface area contributed by atoms with Gasteiger partial charge in [-0.1, -0.05) is 30.3 Å². The van der Waals surface area contributed by atoms with Crippen molar-refractivity contribution in [3.05, 3.63) is 52.6 Å². The van der Waals surface area contributed by atoms with E-state index in [9.17, 15) is 0 Å². The Morgan fingerprint density at radius 2 is 1.60 bits per heavy atom. The first-order chi connectivity index (χ1) is 6.77. The average Bonchev–Trinajstić information content (AvgIpc) is 2.19. The molecule has 72 valence electrons. The van der Waals surface area contributed by atoms with E-state index in [1.165, 1.54) is 0 Å². The van der Waals surface area contributed by atoms with E-state index in [4.69, 9.17) is 15.2 Å². The molecule has 0 radical (unpaired) electrons. The van der Waals surface area contributed by atoms with Gasteiger partial charge in [0.05, 0.1) is 0 Å². The number of hydrogen-bond donors (Lipinski definition) is 1. The largest absolute Gasteiger partial charge is 1.00 e. The number of hydrogen-bond acceptors (Lipinski definition) is 4. The van der Waals surface area contributed by atoms with Gasteiger partial charge in [-0.2, -0.15) is 0 Å². The molecule has 0 saturated heterocycles. The fourth-order valence-electron chi connectivity index (χ4n) is 1.18. The Morgan fingerprint density at radius 3 is 2.20 bits per heavy atom. The van der Waals surface area contributed by atoms with Gasteiger partial charge in [0.2, 0.25) is 0 Å². The maximum absolute atomic E-state index is 9.13. The average molecular weight is 213 g/mol. The molecule has 0 unspecified atom stereocenters. The van der Waals surface area contributed by atoms with E-state index in [1.807, 2.05) is 30.3 Å². The van der Waals surface area contributed by atoms with Crippen LogP contribution in [0.2, 0.25) is 0 Å². The van der Waals surface area contributed by atoms with Crippen LogP contribution < -0.4 is 29.6 Å². The number of benzene rings is 2. The summed E-state index contributed by atoms with van der Waals surface area (Å²) >= 11 is 0. The van der Waals surface area contributed by atoms with Gasteiger partial charge in [0.1, 0.15) is 5.75 Å². The van der Waals surface area contributed by atoms with E-state index < -0.39 is 0 Å². The van der Waals surface area contributed by atoms with Crippen LogP contribution in [0.15, 0.2) is 47.8 Å². The van der Waals surface area contributed by atoms with Gasteiger partial charge >= 0.3 is 29.6 Å². The second-order valence-electron chi connectivity index (χ2n) is 2.61. The summed E-state index contributed by atoms with van der Waals surface area (Å²) in [6, 6.07) is 13.3. The van der Waals surface area contributed by atoms with Crippen LogP contribution in [0.4, 0.5) is 0 Å². The Bertz CT molecular complexity index is 434. The fourth-order valence-corrected chi connectivity index (χ4v) is 1.18. The van der Waals surface area contributed by atoms with Crippen molar-refractivity contribution in [3.8, 4) is 5.75 Å². The Labute approximate surface area is 109 Å². The maximum Gasteiger partial charge on any atom is 1.00 e. The molecule has 0 amide bonds. The second kappa shape index (κ2) is 7.23. The quantitative estimate of drug-likeness (QED) is 0.374. The van der Waals surface area contributed by atoms with Gasteiger partial charge in [-0.25, -0.2) is 0 Å². The predicted molar refractivity (Wildman–Crippen MR) is 54.8 cm³/mol. The number of rotatable bonds is 0. The molecule has 0 aliphatic carbocycles. The Morgan fingerprint density at radius 1 is 1.07 bits per heavy atom. The first-order valence-electron chi connectivity index (χ1n) is 3.90. The summed E-state index contributed by atoms with van der Waals surface area (Å²) in [5.41, 5.74) is 0. The summed E-state index contributed by atoms with van der Waals surface area (Å²) in [6.45, 7) is 0. The molecule has 0 aliphatic heterocycles. The molecule has 0 atom stereocenters. The molecule has 0 aromatic heterocycles. The molecular formula is C10H8NNaO3. The summed E-state index contributed by atoms with van der Waals surface area (Å²) in [5.74, 6) is 0.323. The molecule has 0 spiro atoms. The smallest absolute Gasteiger partial charge is 0.508 e. The molecule has 4 nitrogen and oxygen atoms in total. The molecule has 0 heterocycles. The minimum atomic E-state index is 0. The first-order valence-corrected chi connectivity index (χ1v) is 3.90.